The highest BCUT2D eigenvalue weighted by atomic mass is 79.9. The molecule has 0 aliphatic rings. The third-order valence-electron chi connectivity index (χ3n) is 2.46. The predicted octanol–water partition coefficient (Wildman–Crippen LogP) is 3.07. The summed E-state index contributed by atoms with van der Waals surface area (Å²) in [5.41, 5.74) is 6.85. The van der Waals surface area contributed by atoms with Crippen molar-refractivity contribution in [2.75, 3.05) is 12.3 Å². The van der Waals surface area contributed by atoms with Gasteiger partial charge >= 0.3 is 0 Å². The van der Waals surface area contributed by atoms with Crippen LogP contribution in [-0.4, -0.2) is 23.4 Å². The van der Waals surface area contributed by atoms with Crippen molar-refractivity contribution in [2.24, 2.45) is 0 Å². The molecule has 17 heavy (non-hydrogen) atoms. The fourth-order valence-corrected chi connectivity index (χ4v) is 1.90. The van der Waals surface area contributed by atoms with Crippen LogP contribution in [-0.2, 0) is 0 Å². The SMILES string of the molecule is C=CCN(C(=O)c1cc(Br)ccc1N)C(C)C. The first-order chi connectivity index (χ1) is 7.97. The van der Waals surface area contributed by atoms with Gasteiger partial charge in [-0.25, -0.2) is 0 Å². The van der Waals surface area contributed by atoms with E-state index in [0.717, 1.165) is 4.47 Å². The number of halogens is 1. The van der Waals surface area contributed by atoms with Gasteiger partial charge in [0.05, 0.1) is 5.56 Å². The summed E-state index contributed by atoms with van der Waals surface area (Å²) in [4.78, 5) is 14.1. The van der Waals surface area contributed by atoms with Crippen molar-refractivity contribution in [3.05, 3.63) is 40.9 Å². The van der Waals surface area contributed by atoms with Crippen molar-refractivity contribution in [1.82, 2.24) is 4.90 Å². The van der Waals surface area contributed by atoms with Crippen LogP contribution >= 0.6 is 15.9 Å². The molecule has 0 atom stereocenters. The van der Waals surface area contributed by atoms with Gasteiger partial charge in [-0.05, 0) is 32.0 Å². The molecular formula is C13H17BrN2O. The molecule has 0 heterocycles. The molecule has 3 nitrogen and oxygen atoms in total. The van der Waals surface area contributed by atoms with Gasteiger partial charge in [0.1, 0.15) is 0 Å². The summed E-state index contributed by atoms with van der Waals surface area (Å²) in [5.74, 6) is -0.0706. The van der Waals surface area contributed by atoms with Gasteiger partial charge in [0, 0.05) is 22.7 Å². The van der Waals surface area contributed by atoms with E-state index in [0.29, 0.717) is 17.8 Å². The van der Waals surface area contributed by atoms with Gasteiger partial charge in [0.2, 0.25) is 0 Å². The number of hydrogen-bond acceptors (Lipinski definition) is 2. The van der Waals surface area contributed by atoms with Crippen LogP contribution in [0.5, 0.6) is 0 Å². The zero-order chi connectivity index (χ0) is 13.0. The van der Waals surface area contributed by atoms with Crippen LogP contribution in [0.25, 0.3) is 0 Å². The maximum absolute atomic E-state index is 12.3. The van der Waals surface area contributed by atoms with Crippen molar-refractivity contribution < 1.29 is 4.79 Å². The Hall–Kier alpha value is -1.29. The normalized spacial score (nSPS) is 10.4. The predicted molar refractivity (Wildman–Crippen MR) is 74.9 cm³/mol. The van der Waals surface area contributed by atoms with Crippen LogP contribution in [0.2, 0.25) is 0 Å². The number of carbonyl (C=O) groups is 1. The van der Waals surface area contributed by atoms with Crippen molar-refractivity contribution in [1.29, 1.82) is 0 Å². The molecule has 0 aromatic heterocycles. The smallest absolute Gasteiger partial charge is 0.256 e. The average molecular weight is 297 g/mol. The number of carbonyl (C=O) groups excluding carboxylic acids is 1. The summed E-state index contributed by atoms with van der Waals surface area (Å²) in [6.45, 7) is 8.12. The zero-order valence-corrected chi connectivity index (χ0v) is 11.7. The Morgan fingerprint density at radius 3 is 2.76 bits per heavy atom. The number of anilines is 1. The highest BCUT2D eigenvalue weighted by Gasteiger charge is 2.19. The van der Waals surface area contributed by atoms with E-state index in [4.69, 9.17) is 5.73 Å². The molecule has 92 valence electrons. The number of amides is 1. The summed E-state index contributed by atoms with van der Waals surface area (Å²) in [7, 11) is 0. The highest BCUT2D eigenvalue weighted by Crippen LogP contribution is 2.20. The lowest BCUT2D eigenvalue weighted by Crippen LogP contribution is -2.37. The largest absolute Gasteiger partial charge is 0.398 e. The van der Waals surface area contributed by atoms with Crippen LogP contribution in [0.4, 0.5) is 5.69 Å². The summed E-state index contributed by atoms with van der Waals surface area (Å²) >= 11 is 3.34. The molecular weight excluding hydrogens is 280 g/mol. The van der Waals surface area contributed by atoms with Gasteiger partial charge in [0.25, 0.3) is 5.91 Å². The van der Waals surface area contributed by atoms with Gasteiger partial charge in [0.15, 0.2) is 0 Å². The lowest BCUT2D eigenvalue weighted by molar-refractivity contribution is 0.0730. The highest BCUT2D eigenvalue weighted by molar-refractivity contribution is 9.10. The number of rotatable bonds is 4. The number of nitrogen functional groups attached to an aromatic ring is 1. The summed E-state index contributed by atoms with van der Waals surface area (Å²) in [5, 5.41) is 0. The lowest BCUT2D eigenvalue weighted by atomic mass is 10.1. The van der Waals surface area contributed by atoms with E-state index in [9.17, 15) is 4.79 Å². The van der Waals surface area contributed by atoms with Gasteiger partial charge in [-0.15, -0.1) is 6.58 Å². The molecule has 4 heteroatoms. The van der Waals surface area contributed by atoms with E-state index in [1.807, 2.05) is 19.9 Å². The third kappa shape index (κ3) is 3.33. The molecule has 1 aromatic rings. The Morgan fingerprint density at radius 1 is 1.59 bits per heavy atom. The van der Waals surface area contributed by atoms with E-state index >= 15 is 0 Å². The summed E-state index contributed by atoms with van der Waals surface area (Å²) in [6, 6.07) is 5.40. The molecule has 0 radical (unpaired) electrons. The molecule has 0 unspecified atom stereocenters. The molecule has 1 amide bonds. The molecule has 0 aliphatic carbocycles. The number of benzene rings is 1. The van der Waals surface area contributed by atoms with E-state index in [-0.39, 0.29) is 11.9 Å². The number of nitrogens with zero attached hydrogens (tertiary/aromatic N) is 1. The molecule has 1 aromatic carbocycles. The summed E-state index contributed by atoms with van der Waals surface area (Å²) < 4.78 is 0.845. The van der Waals surface area contributed by atoms with Gasteiger partial charge in [-0.2, -0.15) is 0 Å². The first kappa shape index (κ1) is 13.8. The van der Waals surface area contributed by atoms with Gasteiger partial charge in [-0.3, -0.25) is 4.79 Å². The standard InChI is InChI=1S/C13H17BrN2O/c1-4-7-16(9(2)3)13(17)11-8-10(14)5-6-12(11)15/h4-6,8-9H,1,7,15H2,2-3H3. The molecule has 0 saturated carbocycles. The van der Waals surface area contributed by atoms with E-state index in [1.54, 1.807) is 23.1 Å². The summed E-state index contributed by atoms with van der Waals surface area (Å²) in [6.07, 6.45) is 1.71. The molecule has 0 spiro atoms. The van der Waals surface area contributed by atoms with Crippen LogP contribution < -0.4 is 5.73 Å². The zero-order valence-electron chi connectivity index (χ0n) is 10.1. The van der Waals surface area contributed by atoms with Crippen molar-refractivity contribution >= 4 is 27.5 Å². The van der Waals surface area contributed by atoms with Crippen LogP contribution in [0, 0.1) is 0 Å². The lowest BCUT2D eigenvalue weighted by Gasteiger charge is -2.26. The van der Waals surface area contributed by atoms with Crippen LogP contribution in [0.1, 0.15) is 24.2 Å². The minimum atomic E-state index is -0.0706. The Labute approximate surface area is 110 Å². The fourth-order valence-electron chi connectivity index (χ4n) is 1.54. The Bertz CT molecular complexity index is 429. The molecule has 0 fully saturated rings. The Morgan fingerprint density at radius 2 is 2.24 bits per heavy atom. The Kier molecular flexibility index (Phi) is 4.75. The first-order valence-corrected chi connectivity index (χ1v) is 6.23. The minimum absolute atomic E-state index is 0.0706. The number of nitrogens with two attached hydrogens (primary N) is 1. The van der Waals surface area contributed by atoms with Crippen molar-refractivity contribution in [3.63, 3.8) is 0 Å². The van der Waals surface area contributed by atoms with E-state index < -0.39 is 0 Å². The van der Waals surface area contributed by atoms with E-state index in [1.165, 1.54) is 0 Å². The monoisotopic (exact) mass is 296 g/mol. The topological polar surface area (TPSA) is 46.3 Å². The minimum Gasteiger partial charge on any atom is -0.398 e. The van der Waals surface area contributed by atoms with Crippen molar-refractivity contribution in [2.45, 2.75) is 19.9 Å². The van der Waals surface area contributed by atoms with Gasteiger partial charge in [-0.1, -0.05) is 22.0 Å². The quantitative estimate of drug-likeness (QED) is 0.686. The molecule has 0 saturated heterocycles. The molecule has 0 bridgehead atoms. The second-order valence-electron chi connectivity index (χ2n) is 4.07. The van der Waals surface area contributed by atoms with Crippen LogP contribution in [0.15, 0.2) is 35.3 Å². The van der Waals surface area contributed by atoms with Gasteiger partial charge < -0.3 is 10.6 Å². The molecule has 0 aliphatic heterocycles. The third-order valence-corrected chi connectivity index (χ3v) is 2.95. The second kappa shape index (κ2) is 5.87. The Balaban J connectivity index is 3.08. The molecule has 2 N–H and O–H groups in total. The van der Waals surface area contributed by atoms with E-state index in [2.05, 4.69) is 22.5 Å². The molecule has 1 rings (SSSR count). The second-order valence-corrected chi connectivity index (χ2v) is 4.99. The number of hydrogen-bond donors (Lipinski definition) is 1. The average Bonchev–Trinajstić information content (AvgIpc) is 2.28. The van der Waals surface area contributed by atoms with Crippen LogP contribution in [0.3, 0.4) is 0 Å². The maximum Gasteiger partial charge on any atom is 0.256 e. The fraction of sp³-hybridized carbons (Fsp3) is 0.308. The first-order valence-electron chi connectivity index (χ1n) is 5.44. The van der Waals surface area contributed by atoms with Crippen molar-refractivity contribution in [3.8, 4) is 0 Å². The maximum atomic E-state index is 12.3.